The summed E-state index contributed by atoms with van der Waals surface area (Å²) in [4.78, 5) is 11.6. The van der Waals surface area contributed by atoms with E-state index < -0.39 is 0 Å². The van der Waals surface area contributed by atoms with Gasteiger partial charge in [0.1, 0.15) is 5.75 Å². The first kappa shape index (κ1) is 14.2. The molecule has 1 aliphatic rings. The number of benzene rings is 1. The molecular formula is C14H18ClNO3. The van der Waals surface area contributed by atoms with E-state index in [1.165, 1.54) is 0 Å². The molecule has 5 heteroatoms. The molecule has 4 nitrogen and oxygen atoms in total. The van der Waals surface area contributed by atoms with Crippen LogP contribution in [-0.4, -0.2) is 31.8 Å². The minimum Gasteiger partial charge on any atom is -0.484 e. The fourth-order valence-corrected chi connectivity index (χ4v) is 2.23. The topological polar surface area (TPSA) is 47.6 Å². The Balaban J connectivity index is 1.73. The van der Waals surface area contributed by atoms with Gasteiger partial charge < -0.3 is 14.8 Å². The van der Waals surface area contributed by atoms with Gasteiger partial charge in [-0.2, -0.15) is 0 Å². The van der Waals surface area contributed by atoms with E-state index in [4.69, 9.17) is 21.1 Å². The molecule has 1 heterocycles. The molecule has 1 N–H and O–H groups in total. The predicted octanol–water partition coefficient (Wildman–Crippen LogP) is 2.32. The number of carbonyl (C=O) groups excluding carboxylic acids is 1. The molecule has 1 saturated heterocycles. The molecule has 1 aromatic rings. The van der Waals surface area contributed by atoms with E-state index in [0.29, 0.717) is 17.3 Å². The van der Waals surface area contributed by atoms with E-state index in [0.717, 1.165) is 25.0 Å². The first-order valence-corrected chi connectivity index (χ1v) is 6.80. The van der Waals surface area contributed by atoms with Crippen molar-refractivity contribution in [2.24, 2.45) is 0 Å². The summed E-state index contributed by atoms with van der Waals surface area (Å²) in [6.45, 7) is 3.25. The summed E-state index contributed by atoms with van der Waals surface area (Å²) in [5, 5.41) is 3.47. The van der Waals surface area contributed by atoms with Crippen LogP contribution in [0.4, 0.5) is 0 Å². The van der Waals surface area contributed by atoms with Crippen LogP contribution in [0.2, 0.25) is 5.02 Å². The second-order valence-corrected chi connectivity index (χ2v) is 5.07. The number of rotatable bonds is 5. The molecule has 0 unspecified atom stereocenters. The van der Waals surface area contributed by atoms with Crippen molar-refractivity contribution in [3.8, 4) is 5.75 Å². The normalized spacial score (nSPS) is 18.3. The van der Waals surface area contributed by atoms with Crippen molar-refractivity contribution in [1.82, 2.24) is 5.32 Å². The standard InChI is InChI=1S/C14H18ClNO3/c1-10-7-11(15)4-5-13(10)19-9-14(17)16-8-12-3-2-6-18-12/h4-5,7,12H,2-3,6,8-9H2,1H3,(H,16,17)/t12-/m1/s1. The van der Waals surface area contributed by atoms with Crippen LogP contribution in [0.5, 0.6) is 5.75 Å². The lowest BCUT2D eigenvalue weighted by Crippen LogP contribution is -2.35. The molecule has 19 heavy (non-hydrogen) atoms. The van der Waals surface area contributed by atoms with Gasteiger partial charge in [0.25, 0.3) is 5.91 Å². The summed E-state index contributed by atoms with van der Waals surface area (Å²) < 4.78 is 10.9. The minimum absolute atomic E-state index is 0.00912. The average molecular weight is 284 g/mol. The fraction of sp³-hybridized carbons (Fsp3) is 0.500. The van der Waals surface area contributed by atoms with Crippen molar-refractivity contribution in [3.63, 3.8) is 0 Å². The van der Waals surface area contributed by atoms with Gasteiger partial charge in [-0.25, -0.2) is 0 Å². The van der Waals surface area contributed by atoms with Gasteiger partial charge >= 0.3 is 0 Å². The van der Waals surface area contributed by atoms with Crippen molar-refractivity contribution in [2.45, 2.75) is 25.9 Å². The Morgan fingerprint density at radius 3 is 3.11 bits per heavy atom. The highest BCUT2D eigenvalue weighted by atomic mass is 35.5. The van der Waals surface area contributed by atoms with Crippen molar-refractivity contribution in [2.75, 3.05) is 19.8 Å². The maximum atomic E-state index is 11.6. The third-order valence-corrected chi connectivity index (χ3v) is 3.28. The van der Waals surface area contributed by atoms with Crippen molar-refractivity contribution in [1.29, 1.82) is 0 Å². The second-order valence-electron chi connectivity index (χ2n) is 4.64. The number of hydrogen-bond acceptors (Lipinski definition) is 3. The summed E-state index contributed by atoms with van der Waals surface area (Å²) in [6, 6.07) is 5.32. The molecule has 1 amide bonds. The fourth-order valence-electron chi connectivity index (χ4n) is 2.00. The predicted molar refractivity (Wildman–Crippen MR) is 73.7 cm³/mol. The molecule has 0 aromatic heterocycles. The van der Waals surface area contributed by atoms with Gasteiger partial charge in [0.2, 0.25) is 0 Å². The average Bonchev–Trinajstić information content (AvgIpc) is 2.88. The number of aryl methyl sites for hydroxylation is 1. The Hall–Kier alpha value is -1.26. The summed E-state index contributed by atoms with van der Waals surface area (Å²) in [5.74, 6) is 0.543. The molecule has 0 saturated carbocycles. The quantitative estimate of drug-likeness (QED) is 0.902. The maximum absolute atomic E-state index is 11.6. The number of halogens is 1. The first-order valence-electron chi connectivity index (χ1n) is 6.42. The Labute approximate surface area is 118 Å². The smallest absolute Gasteiger partial charge is 0.258 e. The number of carbonyl (C=O) groups is 1. The van der Waals surface area contributed by atoms with Crippen LogP contribution in [-0.2, 0) is 9.53 Å². The summed E-state index contributed by atoms with van der Waals surface area (Å²) in [5.41, 5.74) is 0.916. The van der Waals surface area contributed by atoms with Crippen LogP contribution >= 0.6 is 11.6 Å². The summed E-state index contributed by atoms with van der Waals surface area (Å²) in [6.07, 6.45) is 2.24. The molecule has 2 rings (SSSR count). The third-order valence-electron chi connectivity index (χ3n) is 3.05. The highest BCUT2D eigenvalue weighted by Crippen LogP contribution is 2.21. The van der Waals surface area contributed by atoms with Crippen molar-refractivity contribution in [3.05, 3.63) is 28.8 Å². The first-order chi connectivity index (χ1) is 9.15. The van der Waals surface area contributed by atoms with Crippen LogP contribution in [0.15, 0.2) is 18.2 Å². The number of nitrogens with one attached hydrogen (secondary N) is 1. The van der Waals surface area contributed by atoms with E-state index in [1.54, 1.807) is 18.2 Å². The Morgan fingerprint density at radius 2 is 2.42 bits per heavy atom. The molecule has 0 bridgehead atoms. The Morgan fingerprint density at radius 1 is 1.58 bits per heavy atom. The zero-order valence-corrected chi connectivity index (χ0v) is 11.7. The Bertz CT molecular complexity index is 444. The monoisotopic (exact) mass is 283 g/mol. The minimum atomic E-state index is -0.134. The lowest BCUT2D eigenvalue weighted by atomic mass is 10.2. The molecule has 1 fully saturated rings. The zero-order chi connectivity index (χ0) is 13.7. The van der Waals surface area contributed by atoms with Crippen LogP contribution in [0, 0.1) is 6.92 Å². The van der Waals surface area contributed by atoms with Crippen LogP contribution in [0.1, 0.15) is 18.4 Å². The maximum Gasteiger partial charge on any atom is 0.258 e. The zero-order valence-electron chi connectivity index (χ0n) is 10.9. The highest BCUT2D eigenvalue weighted by molar-refractivity contribution is 6.30. The van der Waals surface area contributed by atoms with Crippen LogP contribution in [0.3, 0.4) is 0 Å². The van der Waals surface area contributed by atoms with E-state index in [9.17, 15) is 4.79 Å². The van der Waals surface area contributed by atoms with Gasteiger partial charge in [0, 0.05) is 18.2 Å². The van der Waals surface area contributed by atoms with Gasteiger partial charge in [0.15, 0.2) is 6.61 Å². The molecule has 0 radical (unpaired) electrons. The lowest BCUT2D eigenvalue weighted by Gasteiger charge is -2.12. The number of ether oxygens (including phenoxy) is 2. The third kappa shape index (κ3) is 4.40. The summed E-state index contributed by atoms with van der Waals surface area (Å²) >= 11 is 5.85. The molecule has 104 valence electrons. The van der Waals surface area contributed by atoms with E-state index in [2.05, 4.69) is 5.32 Å². The van der Waals surface area contributed by atoms with E-state index in [-0.39, 0.29) is 18.6 Å². The van der Waals surface area contributed by atoms with Gasteiger partial charge in [-0.05, 0) is 43.5 Å². The highest BCUT2D eigenvalue weighted by Gasteiger charge is 2.16. The lowest BCUT2D eigenvalue weighted by molar-refractivity contribution is -0.123. The Kier molecular flexibility index (Phi) is 5.05. The SMILES string of the molecule is Cc1cc(Cl)ccc1OCC(=O)NC[C@H]1CCCO1. The molecule has 0 aliphatic carbocycles. The van der Waals surface area contributed by atoms with Crippen LogP contribution in [0.25, 0.3) is 0 Å². The second kappa shape index (κ2) is 6.78. The summed E-state index contributed by atoms with van der Waals surface area (Å²) in [7, 11) is 0. The number of hydrogen-bond donors (Lipinski definition) is 1. The van der Waals surface area contributed by atoms with Gasteiger partial charge in [-0.1, -0.05) is 11.6 Å². The van der Waals surface area contributed by atoms with Gasteiger partial charge in [0.05, 0.1) is 6.10 Å². The molecule has 1 aromatic carbocycles. The van der Waals surface area contributed by atoms with Gasteiger partial charge in [-0.3, -0.25) is 4.79 Å². The largest absolute Gasteiger partial charge is 0.484 e. The number of amides is 1. The molecule has 1 aliphatic heterocycles. The van der Waals surface area contributed by atoms with E-state index in [1.807, 2.05) is 6.92 Å². The molecular weight excluding hydrogens is 266 g/mol. The van der Waals surface area contributed by atoms with Crippen LogP contribution < -0.4 is 10.1 Å². The van der Waals surface area contributed by atoms with Crippen molar-refractivity contribution < 1.29 is 14.3 Å². The van der Waals surface area contributed by atoms with E-state index >= 15 is 0 Å². The molecule has 0 spiro atoms. The van der Waals surface area contributed by atoms with Gasteiger partial charge in [-0.15, -0.1) is 0 Å². The van der Waals surface area contributed by atoms with Crippen molar-refractivity contribution >= 4 is 17.5 Å². The molecule has 1 atom stereocenters.